The fraction of sp³-hybridized carbons (Fsp3) is 0.250. The number of methoxy groups -OCH3 is 1. The summed E-state index contributed by atoms with van der Waals surface area (Å²) in [6.45, 7) is -0.0696. The molecular formula is C8H7ClN6O2S. The van der Waals surface area contributed by atoms with Gasteiger partial charge in [-0.25, -0.2) is 9.67 Å². The largest absolute Gasteiger partial charge is 0.468 e. The maximum atomic E-state index is 11.1. The van der Waals surface area contributed by atoms with Gasteiger partial charge in [0.25, 0.3) is 0 Å². The van der Waals surface area contributed by atoms with E-state index < -0.39 is 5.97 Å². The zero-order valence-electron chi connectivity index (χ0n) is 9.15. The third-order valence-electron chi connectivity index (χ3n) is 1.78. The lowest BCUT2D eigenvalue weighted by molar-refractivity contribution is -0.141. The van der Waals surface area contributed by atoms with Crippen LogP contribution in [0, 0.1) is 0 Å². The van der Waals surface area contributed by atoms with Crippen molar-refractivity contribution in [1.29, 1.82) is 0 Å². The van der Waals surface area contributed by atoms with Crippen molar-refractivity contribution in [1.82, 2.24) is 30.2 Å². The smallest absolute Gasteiger partial charge is 0.327 e. The molecule has 0 radical (unpaired) electrons. The Balaban J connectivity index is 2.15. The molecule has 0 saturated heterocycles. The van der Waals surface area contributed by atoms with Gasteiger partial charge >= 0.3 is 5.97 Å². The van der Waals surface area contributed by atoms with Crippen molar-refractivity contribution in [2.24, 2.45) is 0 Å². The quantitative estimate of drug-likeness (QED) is 0.747. The second kappa shape index (κ2) is 5.74. The molecule has 0 N–H and O–H groups in total. The van der Waals surface area contributed by atoms with E-state index in [1.807, 2.05) is 0 Å². The molecule has 0 unspecified atom stereocenters. The van der Waals surface area contributed by atoms with Crippen molar-refractivity contribution in [2.75, 3.05) is 7.11 Å². The van der Waals surface area contributed by atoms with Gasteiger partial charge in [-0.15, -0.1) is 5.10 Å². The summed E-state index contributed by atoms with van der Waals surface area (Å²) in [5, 5.41) is 12.1. The average Bonchev–Trinajstić information content (AvgIpc) is 2.76. The van der Waals surface area contributed by atoms with Crippen LogP contribution in [0.1, 0.15) is 0 Å². The molecule has 0 aliphatic carbocycles. The number of hydrogen-bond donors (Lipinski definition) is 0. The van der Waals surface area contributed by atoms with E-state index in [4.69, 9.17) is 11.6 Å². The number of rotatable bonds is 4. The van der Waals surface area contributed by atoms with Crippen LogP contribution in [0.25, 0.3) is 0 Å². The lowest BCUT2D eigenvalue weighted by atomic mass is 10.7. The Morgan fingerprint density at radius 2 is 2.39 bits per heavy atom. The van der Waals surface area contributed by atoms with E-state index >= 15 is 0 Å². The van der Waals surface area contributed by atoms with Gasteiger partial charge in [-0.3, -0.25) is 9.78 Å². The van der Waals surface area contributed by atoms with Crippen LogP contribution >= 0.6 is 23.4 Å². The van der Waals surface area contributed by atoms with Crippen LogP contribution in [0.2, 0.25) is 5.15 Å². The molecule has 2 rings (SSSR count). The van der Waals surface area contributed by atoms with E-state index in [2.05, 4.69) is 30.2 Å². The number of nitrogens with zero attached hydrogens (tertiary/aromatic N) is 6. The summed E-state index contributed by atoms with van der Waals surface area (Å²) in [5.41, 5.74) is 0. The highest BCUT2D eigenvalue weighted by Crippen LogP contribution is 2.23. The van der Waals surface area contributed by atoms with Gasteiger partial charge in [0.05, 0.1) is 19.5 Å². The molecule has 18 heavy (non-hydrogen) atoms. The van der Waals surface area contributed by atoms with Crippen molar-refractivity contribution in [2.45, 2.75) is 16.7 Å². The molecule has 0 spiro atoms. The highest BCUT2D eigenvalue weighted by atomic mass is 35.5. The monoisotopic (exact) mass is 286 g/mol. The summed E-state index contributed by atoms with van der Waals surface area (Å²) in [4.78, 5) is 19.1. The maximum absolute atomic E-state index is 11.1. The minimum absolute atomic E-state index is 0.0696. The van der Waals surface area contributed by atoms with Gasteiger partial charge in [0.2, 0.25) is 5.16 Å². The number of halogens is 1. The van der Waals surface area contributed by atoms with Crippen molar-refractivity contribution in [3.63, 3.8) is 0 Å². The highest BCUT2D eigenvalue weighted by Gasteiger charge is 2.12. The molecule has 2 aromatic rings. The average molecular weight is 287 g/mol. The highest BCUT2D eigenvalue weighted by molar-refractivity contribution is 7.99. The molecule has 0 aromatic carbocycles. The first kappa shape index (κ1) is 12.7. The lowest BCUT2D eigenvalue weighted by Gasteiger charge is -2.02. The molecule has 2 aromatic heterocycles. The molecule has 0 fully saturated rings. The molecule has 0 aliphatic rings. The number of esters is 1. The Bertz CT molecular complexity index is 562. The molecular weight excluding hydrogens is 280 g/mol. The number of carbonyl (C=O) groups excluding carboxylic acids is 1. The summed E-state index contributed by atoms with van der Waals surface area (Å²) < 4.78 is 5.84. The summed E-state index contributed by atoms with van der Waals surface area (Å²) in [6, 6.07) is 0. The molecule has 0 aliphatic heterocycles. The van der Waals surface area contributed by atoms with E-state index in [-0.39, 0.29) is 11.7 Å². The third kappa shape index (κ3) is 3.14. The summed E-state index contributed by atoms with van der Waals surface area (Å²) in [5.74, 6) is -0.443. The second-order valence-corrected chi connectivity index (χ2v) is 4.35. The van der Waals surface area contributed by atoms with Gasteiger partial charge in [-0.1, -0.05) is 11.6 Å². The number of carbonyl (C=O) groups is 1. The molecule has 2 heterocycles. The molecule has 0 saturated carbocycles. The minimum atomic E-state index is -0.443. The second-order valence-electron chi connectivity index (χ2n) is 2.98. The van der Waals surface area contributed by atoms with E-state index in [0.717, 1.165) is 11.8 Å². The molecule has 8 nitrogen and oxygen atoms in total. The first-order valence-corrected chi connectivity index (χ1v) is 5.87. The Morgan fingerprint density at radius 1 is 1.56 bits per heavy atom. The Hall–Kier alpha value is -1.74. The zero-order valence-corrected chi connectivity index (χ0v) is 10.7. The Labute approximate surface area is 111 Å². The predicted octanol–water partition coefficient (Wildman–Crippen LogP) is 0.441. The standard InChI is InChI=1S/C8H7ClN6O2S/c1-17-7(16)4-15-8(12-13-14-15)18-6-3-10-2-5(9)11-6/h2-3H,4H2,1H3. The third-order valence-corrected chi connectivity index (χ3v) is 2.85. The molecule has 10 heteroatoms. The first-order valence-electron chi connectivity index (χ1n) is 4.67. The van der Waals surface area contributed by atoms with Gasteiger partial charge in [-0.05, 0) is 22.2 Å². The maximum Gasteiger partial charge on any atom is 0.327 e. The van der Waals surface area contributed by atoms with Crippen molar-refractivity contribution in [3.8, 4) is 0 Å². The minimum Gasteiger partial charge on any atom is -0.468 e. The summed E-state index contributed by atoms with van der Waals surface area (Å²) in [7, 11) is 1.29. The Morgan fingerprint density at radius 3 is 3.11 bits per heavy atom. The fourth-order valence-electron chi connectivity index (χ4n) is 1.02. The number of tetrazole rings is 1. The van der Waals surface area contributed by atoms with Crippen LogP contribution in [-0.4, -0.2) is 43.3 Å². The number of hydrogen-bond acceptors (Lipinski definition) is 8. The van der Waals surface area contributed by atoms with Gasteiger partial charge in [0.15, 0.2) is 0 Å². The topological polar surface area (TPSA) is 95.7 Å². The van der Waals surface area contributed by atoms with Gasteiger partial charge < -0.3 is 4.74 Å². The van der Waals surface area contributed by atoms with Gasteiger partial charge in [-0.2, -0.15) is 0 Å². The van der Waals surface area contributed by atoms with Crippen LogP contribution in [-0.2, 0) is 16.1 Å². The summed E-state index contributed by atoms with van der Waals surface area (Å²) >= 11 is 6.86. The Kier molecular flexibility index (Phi) is 4.05. The van der Waals surface area contributed by atoms with E-state index in [1.54, 1.807) is 0 Å². The normalized spacial score (nSPS) is 10.3. The van der Waals surface area contributed by atoms with Crippen LogP contribution in [0.4, 0.5) is 0 Å². The molecule has 94 valence electrons. The van der Waals surface area contributed by atoms with Crippen LogP contribution in [0.15, 0.2) is 22.6 Å². The zero-order chi connectivity index (χ0) is 13.0. The van der Waals surface area contributed by atoms with Crippen molar-refractivity contribution >= 4 is 29.3 Å². The molecule has 0 atom stereocenters. The van der Waals surface area contributed by atoms with Crippen LogP contribution < -0.4 is 0 Å². The lowest BCUT2D eigenvalue weighted by Crippen LogP contribution is -2.13. The van der Waals surface area contributed by atoms with E-state index in [9.17, 15) is 4.79 Å². The predicted molar refractivity (Wildman–Crippen MR) is 61.0 cm³/mol. The fourth-order valence-corrected chi connectivity index (χ4v) is 1.95. The van der Waals surface area contributed by atoms with Gasteiger partial charge in [0.1, 0.15) is 16.7 Å². The summed E-state index contributed by atoms with van der Waals surface area (Å²) in [6.07, 6.45) is 2.94. The van der Waals surface area contributed by atoms with Gasteiger partial charge in [0, 0.05) is 0 Å². The van der Waals surface area contributed by atoms with Crippen LogP contribution in [0.5, 0.6) is 0 Å². The first-order chi connectivity index (χ1) is 8.69. The van der Waals surface area contributed by atoms with E-state index in [0.29, 0.717) is 10.2 Å². The van der Waals surface area contributed by atoms with Crippen LogP contribution in [0.3, 0.4) is 0 Å². The molecule has 0 bridgehead atoms. The van der Waals surface area contributed by atoms with Crippen molar-refractivity contribution < 1.29 is 9.53 Å². The number of ether oxygens (including phenoxy) is 1. The van der Waals surface area contributed by atoms with E-state index in [1.165, 1.54) is 24.2 Å². The SMILES string of the molecule is COC(=O)Cn1nnnc1Sc1cncc(Cl)n1. The van der Waals surface area contributed by atoms with Crippen molar-refractivity contribution in [3.05, 3.63) is 17.5 Å². The molecule has 0 amide bonds. The number of aromatic nitrogens is 6.